The van der Waals surface area contributed by atoms with Gasteiger partial charge in [-0.25, -0.2) is 0 Å². The Balaban J connectivity index is 2.06. The van der Waals surface area contributed by atoms with Crippen molar-refractivity contribution < 1.29 is 5.11 Å². The number of aliphatic hydroxyl groups excluding tert-OH is 1. The standard InChI is InChI=1S/C11H20N2O/c1-9-10(2)13-6-5-12(9)8-11(13)4-3-7-14/h11,14H,3-8H2,1-2H3. The minimum absolute atomic E-state index is 0.325. The molecule has 2 bridgehead atoms. The van der Waals surface area contributed by atoms with Gasteiger partial charge in [0.15, 0.2) is 0 Å². The fourth-order valence-corrected chi connectivity index (χ4v) is 2.61. The van der Waals surface area contributed by atoms with Crippen LogP contribution in [0.3, 0.4) is 0 Å². The molecule has 14 heavy (non-hydrogen) atoms. The van der Waals surface area contributed by atoms with Crippen LogP contribution < -0.4 is 0 Å². The summed E-state index contributed by atoms with van der Waals surface area (Å²) in [6.45, 7) is 8.25. The second-order valence-electron chi connectivity index (χ2n) is 4.33. The zero-order chi connectivity index (χ0) is 10.1. The fraction of sp³-hybridized carbons (Fsp3) is 0.818. The van der Waals surface area contributed by atoms with Crippen molar-refractivity contribution >= 4 is 0 Å². The molecule has 0 amide bonds. The number of aliphatic hydroxyl groups is 1. The number of fused-ring (bicyclic) bond motifs is 2. The first kappa shape index (κ1) is 9.84. The van der Waals surface area contributed by atoms with E-state index < -0.39 is 0 Å². The second-order valence-corrected chi connectivity index (χ2v) is 4.33. The van der Waals surface area contributed by atoms with Gasteiger partial charge in [0.05, 0.1) is 0 Å². The Morgan fingerprint density at radius 1 is 1.29 bits per heavy atom. The molecule has 1 saturated heterocycles. The molecule has 3 heterocycles. The third-order valence-corrected chi connectivity index (χ3v) is 3.61. The van der Waals surface area contributed by atoms with E-state index >= 15 is 0 Å². The minimum Gasteiger partial charge on any atom is -0.396 e. The number of hydrogen-bond acceptors (Lipinski definition) is 3. The van der Waals surface area contributed by atoms with Crippen molar-refractivity contribution in [3.8, 4) is 0 Å². The minimum atomic E-state index is 0.325. The van der Waals surface area contributed by atoms with Crippen LogP contribution in [-0.4, -0.2) is 47.2 Å². The summed E-state index contributed by atoms with van der Waals surface area (Å²) >= 11 is 0. The highest BCUT2D eigenvalue weighted by Gasteiger charge is 2.32. The highest BCUT2D eigenvalue weighted by atomic mass is 16.2. The summed E-state index contributed by atoms with van der Waals surface area (Å²) in [6.07, 6.45) is 2.05. The molecule has 0 aromatic rings. The van der Waals surface area contributed by atoms with E-state index in [-0.39, 0.29) is 0 Å². The summed E-state index contributed by atoms with van der Waals surface area (Å²) in [7, 11) is 0. The van der Waals surface area contributed by atoms with Crippen molar-refractivity contribution in [3.05, 3.63) is 11.4 Å². The Labute approximate surface area is 86.0 Å². The van der Waals surface area contributed by atoms with E-state index in [0.717, 1.165) is 19.4 Å². The van der Waals surface area contributed by atoms with Crippen LogP contribution in [0.15, 0.2) is 11.4 Å². The molecule has 0 aromatic carbocycles. The molecule has 1 unspecified atom stereocenters. The summed E-state index contributed by atoms with van der Waals surface area (Å²) in [4.78, 5) is 5.00. The maximum atomic E-state index is 8.84. The van der Waals surface area contributed by atoms with E-state index in [4.69, 9.17) is 5.11 Å². The van der Waals surface area contributed by atoms with E-state index in [1.807, 2.05) is 0 Å². The van der Waals surface area contributed by atoms with Crippen molar-refractivity contribution in [2.24, 2.45) is 0 Å². The van der Waals surface area contributed by atoms with Crippen LogP contribution in [0.4, 0.5) is 0 Å². The Kier molecular flexibility index (Phi) is 2.68. The topological polar surface area (TPSA) is 26.7 Å². The van der Waals surface area contributed by atoms with Crippen molar-refractivity contribution in [1.29, 1.82) is 0 Å². The summed E-state index contributed by atoms with van der Waals surface area (Å²) in [5.41, 5.74) is 2.88. The molecular weight excluding hydrogens is 176 g/mol. The number of allylic oxidation sites excluding steroid dienone is 2. The van der Waals surface area contributed by atoms with Crippen LogP contribution in [0.25, 0.3) is 0 Å². The molecule has 1 N–H and O–H groups in total. The number of rotatable bonds is 3. The molecule has 3 rings (SSSR count). The second kappa shape index (κ2) is 3.81. The Morgan fingerprint density at radius 2 is 2.07 bits per heavy atom. The van der Waals surface area contributed by atoms with Crippen LogP contribution in [-0.2, 0) is 0 Å². The van der Waals surface area contributed by atoms with Gasteiger partial charge in [0.1, 0.15) is 0 Å². The van der Waals surface area contributed by atoms with Crippen LogP contribution >= 0.6 is 0 Å². The van der Waals surface area contributed by atoms with Gasteiger partial charge in [0, 0.05) is 43.7 Å². The van der Waals surface area contributed by atoms with Gasteiger partial charge in [0.25, 0.3) is 0 Å². The average molecular weight is 196 g/mol. The fourth-order valence-electron chi connectivity index (χ4n) is 2.61. The largest absolute Gasteiger partial charge is 0.396 e. The first-order chi connectivity index (χ1) is 6.74. The highest BCUT2D eigenvalue weighted by Crippen LogP contribution is 2.29. The van der Waals surface area contributed by atoms with Crippen molar-refractivity contribution in [3.63, 3.8) is 0 Å². The molecule has 3 aliphatic heterocycles. The monoisotopic (exact) mass is 196 g/mol. The third kappa shape index (κ3) is 1.50. The molecule has 1 atom stereocenters. The van der Waals surface area contributed by atoms with Crippen LogP contribution in [0.5, 0.6) is 0 Å². The van der Waals surface area contributed by atoms with E-state index in [9.17, 15) is 0 Å². The maximum absolute atomic E-state index is 8.84. The van der Waals surface area contributed by atoms with E-state index in [1.165, 1.54) is 24.5 Å². The highest BCUT2D eigenvalue weighted by molar-refractivity contribution is 5.17. The summed E-state index contributed by atoms with van der Waals surface area (Å²) in [5.74, 6) is 0. The number of hydrogen-bond donors (Lipinski definition) is 1. The van der Waals surface area contributed by atoms with E-state index in [0.29, 0.717) is 12.6 Å². The zero-order valence-corrected chi connectivity index (χ0v) is 9.16. The normalized spacial score (nSPS) is 26.4. The molecule has 0 radical (unpaired) electrons. The Bertz CT molecular complexity index is 250. The molecule has 3 aliphatic rings. The van der Waals surface area contributed by atoms with Crippen molar-refractivity contribution in [2.45, 2.75) is 32.7 Å². The third-order valence-electron chi connectivity index (χ3n) is 3.61. The van der Waals surface area contributed by atoms with Gasteiger partial charge >= 0.3 is 0 Å². The van der Waals surface area contributed by atoms with Crippen molar-refractivity contribution in [2.75, 3.05) is 26.2 Å². The molecule has 0 aromatic heterocycles. The van der Waals surface area contributed by atoms with Gasteiger partial charge in [-0.2, -0.15) is 0 Å². The first-order valence-corrected chi connectivity index (χ1v) is 5.54. The molecule has 0 spiro atoms. The van der Waals surface area contributed by atoms with Gasteiger partial charge < -0.3 is 14.9 Å². The first-order valence-electron chi connectivity index (χ1n) is 5.54. The van der Waals surface area contributed by atoms with E-state index in [1.54, 1.807) is 0 Å². The van der Waals surface area contributed by atoms with Crippen LogP contribution in [0.1, 0.15) is 26.7 Å². The van der Waals surface area contributed by atoms with Gasteiger partial charge in [-0.1, -0.05) is 0 Å². The lowest BCUT2D eigenvalue weighted by Crippen LogP contribution is -2.56. The lowest BCUT2D eigenvalue weighted by Gasteiger charge is -2.50. The average Bonchev–Trinajstić information content (AvgIpc) is 2.22. The van der Waals surface area contributed by atoms with Crippen LogP contribution in [0, 0.1) is 0 Å². The number of nitrogens with zero attached hydrogens (tertiary/aromatic N) is 2. The molecule has 3 nitrogen and oxygen atoms in total. The van der Waals surface area contributed by atoms with E-state index in [2.05, 4.69) is 23.6 Å². The summed E-state index contributed by atoms with van der Waals surface area (Å²) < 4.78 is 0. The summed E-state index contributed by atoms with van der Waals surface area (Å²) in [5, 5.41) is 8.84. The molecule has 80 valence electrons. The summed E-state index contributed by atoms with van der Waals surface area (Å²) in [6, 6.07) is 0.639. The molecule has 0 aliphatic carbocycles. The molecule has 3 heteroatoms. The maximum Gasteiger partial charge on any atom is 0.0464 e. The SMILES string of the molecule is CC1=C(C)N2CCN1CC2CCCO. The Morgan fingerprint density at radius 3 is 2.71 bits per heavy atom. The molecular formula is C11H20N2O. The van der Waals surface area contributed by atoms with Gasteiger partial charge in [0.2, 0.25) is 0 Å². The quantitative estimate of drug-likeness (QED) is 0.730. The van der Waals surface area contributed by atoms with Gasteiger partial charge in [-0.05, 0) is 26.7 Å². The molecule has 1 fully saturated rings. The van der Waals surface area contributed by atoms with Gasteiger partial charge in [-0.3, -0.25) is 0 Å². The van der Waals surface area contributed by atoms with Gasteiger partial charge in [-0.15, -0.1) is 0 Å². The molecule has 0 saturated carbocycles. The Hall–Kier alpha value is -0.700. The lowest BCUT2D eigenvalue weighted by atomic mass is 10.0. The number of piperazine rings is 1. The predicted molar refractivity (Wildman–Crippen MR) is 56.8 cm³/mol. The zero-order valence-electron chi connectivity index (χ0n) is 9.16. The lowest BCUT2D eigenvalue weighted by molar-refractivity contribution is 0.0777. The predicted octanol–water partition coefficient (Wildman–Crippen LogP) is 1.01. The van der Waals surface area contributed by atoms with Crippen LogP contribution in [0.2, 0.25) is 0 Å². The smallest absolute Gasteiger partial charge is 0.0464 e. The van der Waals surface area contributed by atoms with Crippen molar-refractivity contribution in [1.82, 2.24) is 9.80 Å².